The number of amides is 1. The Morgan fingerprint density at radius 1 is 1.00 bits per heavy atom. The molecule has 1 N–H and O–H groups in total. The SMILES string of the molecule is CC(C)(C)OC(=O)N1CCN(CCNS(=O)(=O)c2ccc(C(C)(C)C)cc2)CC1. The second-order valence-corrected chi connectivity index (χ2v) is 11.2. The Morgan fingerprint density at radius 2 is 1.55 bits per heavy atom. The van der Waals surface area contributed by atoms with Gasteiger partial charge in [0, 0.05) is 39.3 Å². The fraction of sp³-hybridized carbons (Fsp3) is 0.667. The fourth-order valence-corrected chi connectivity index (χ4v) is 4.06. The monoisotopic (exact) mass is 425 g/mol. The minimum absolute atomic E-state index is 0.0167. The molecule has 0 bridgehead atoms. The fourth-order valence-electron chi connectivity index (χ4n) is 3.04. The molecule has 1 aliphatic heterocycles. The Labute approximate surface area is 175 Å². The number of rotatable bonds is 5. The third kappa shape index (κ3) is 7.28. The number of nitrogens with one attached hydrogen (secondary N) is 1. The van der Waals surface area contributed by atoms with E-state index in [1.807, 2.05) is 32.9 Å². The smallest absolute Gasteiger partial charge is 0.410 e. The molecule has 0 spiro atoms. The molecular weight excluding hydrogens is 390 g/mol. The molecule has 1 saturated heterocycles. The van der Waals surface area contributed by atoms with E-state index in [1.165, 1.54) is 0 Å². The van der Waals surface area contributed by atoms with Gasteiger partial charge in [-0.05, 0) is 43.9 Å². The molecule has 1 fully saturated rings. The third-order valence-electron chi connectivity index (χ3n) is 4.77. The highest BCUT2D eigenvalue weighted by atomic mass is 32.2. The zero-order chi connectivity index (χ0) is 21.9. The minimum Gasteiger partial charge on any atom is -0.444 e. The second kappa shape index (κ2) is 9.02. The number of nitrogens with zero attached hydrogens (tertiary/aromatic N) is 2. The largest absolute Gasteiger partial charge is 0.444 e. The molecule has 0 radical (unpaired) electrons. The standard InChI is InChI=1S/C21H35N3O4S/c1-20(2,3)17-7-9-18(10-8-17)29(26,27)22-11-12-23-13-15-24(16-14-23)19(25)28-21(4,5)6/h7-10,22H,11-16H2,1-6H3. The summed E-state index contributed by atoms with van der Waals surface area (Å²) in [6.45, 7) is 15.3. The van der Waals surface area contributed by atoms with Crippen LogP contribution in [0.2, 0.25) is 0 Å². The van der Waals surface area contributed by atoms with Crippen LogP contribution >= 0.6 is 0 Å². The van der Waals surface area contributed by atoms with Crippen LogP contribution in [0.5, 0.6) is 0 Å². The van der Waals surface area contributed by atoms with Crippen molar-refractivity contribution < 1.29 is 17.9 Å². The zero-order valence-electron chi connectivity index (χ0n) is 18.5. The number of carbonyl (C=O) groups is 1. The molecule has 1 aromatic rings. The van der Waals surface area contributed by atoms with Gasteiger partial charge in [0.25, 0.3) is 0 Å². The normalized spacial score (nSPS) is 16.7. The van der Waals surface area contributed by atoms with Crippen molar-refractivity contribution >= 4 is 16.1 Å². The molecule has 7 nitrogen and oxygen atoms in total. The van der Waals surface area contributed by atoms with Crippen molar-refractivity contribution in [1.82, 2.24) is 14.5 Å². The van der Waals surface area contributed by atoms with Crippen LogP contribution in [0.3, 0.4) is 0 Å². The van der Waals surface area contributed by atoms with Crippen LogP contribution in [-0.2, 0) is 20.2 Å². The first kappa shape index (κ1) is 23.6. The maximum atomic E-state index is 12.5. The first-order valence-electron chi connectivity index (χ1n) is 10.1. The van der Waals surface area contributed by atoms with Crippen LogP contribution in [0.15, 0.2) is 29.2 Å². The molecule has 1 aromatic carbocycles. The quantitative estimate of drug-likeness (QED) is 0.785. The molecule has 1 amide bonds. The Hall–Kier alpha value is -1.64. The molecule has 0 unspecified atom stereocenters. The summed E-state index contributed by atoms with van der Waals surface area (Å²) >= 11 is 0. The summed E-state index contributed by atoms with van der Waals surface area (Å²) < 4.78 is 33.1. The summed E-state index contributed by atoms with van der Waals surface area (Å²) in [4.78, 5) is 16.2. The number of ether oxygens (including phenoxy) is 1. The van der Waals surface area contributed by atoms with E-state index < -0.39 is 15.6 Å². The number of carbonyl (C=O) groups excluding carboxylic acids is 1. The van der Waals surface area contributed by atoms with Crippen molar-refractivity contribution in [2.24, 2.45) is 0 Å². The first-order chi connectivity index (χ1) is 13.3. The third-order valence-corrected chi connectivity index (χ3v) is 6.25. The van der Waals surface area contributed by atoms with Gasteiger partial charge < -0.3 is 9.64 Å². The molecule has 0 aliphatic carbocycles. The zero-order valence-corrected chi connectivity index (χ0v) is 19.3. The van der Waals surface area contributed by atoms with Gasteiger partial charge in [-0.1, -0.05) is 32.9 Å². The number of piperazine rings is 1. The second-order valence-electron chi connectivity index (χ2n) is 9.48. The van der Waals surface area contributed by atoms with E-state index in [0.717, 1.165) is 5.56 Å². The molecule has 2 rings (SSSR count). The molecule has 8 heteroatoms. The summed E-state index contributed by atoms with van der Waals surface area (Å²) in [5.74, 6) is 0. The van der Waals surface area contributed by atoms with Gasteiger partial charge in [0.2, 0.25) is 10.0 Å². The Morgan fingerprint density at radius 3 is 2.03 bits per heavy atom. The number of hydrogen-bond acceptors (Lipinski definition) is 5. The van der Waals surface area contributed by atoms with Crippen molar-refractivity contribution in [2.45, 2.75) is 57.5 Å². The summed E-state index contributed by atoms with van der Waals surface area (Å²) in [6, 6.07) is 7.04. The highest BCUT2D eigenvalue weighted by Crippen LogP contribution is 2.23. The number of benzene rings is 1. The molecule has 1 heterocycles. The molecule has 0 saturated carbocycles. The van der Waals surface area contributed by atoms with Crippen molar-refractivity contribution in [3.8, 4) is 0 Å². The number of sulfonamides is 1. The average Bonchev–Trinajstić information content (AvgIpc) is 2.60. The Kier molecular flexibility index (Phi) is 7.35. The highest BCUT2D eigenvalue weighted by molar-refractivity contribution is 7.89. The van der Waals surface area contributed by atoms with Gasteiger partial charge in [-0.3, -0.25) is 4.90 Å². The van der Waals surface area contributed by atoms with E-state index in [2.05, 4.69) is 30.4 Å². The van der Waals surface area contributed by atoms with E-state index in [-0.39, 0.29) is 16.4 Å². The molecule has 1 aliphatic rings. The summed E-state index contributed by atoms with van der Waals surface area (Å²) in [5, 5.41) is 0. The van der Waals surface area contributed by atoms with E-state index in [0.29, 0.717) is 39.3 Å². The van der Waals surface area contributed by atoms with E-state index in [1.54, 1.807) is 17.0 Å². The topological polar surface area (TPSA) is 79.0 Å². The Balaban J connectivity index is 1.79. The van der Waals surface area contributed by atoms with Crippen molar-refractivity contribution in [3.05, 3.63) is 29.8 Å². The van der Waals surface area contributed by atoms with Gasteiger partial charge in [-0.15, -0.1) is 0 Å². The predicted molar refractivity (Wildman–Crippen MR) is 115 cm³/mol. The van der Waals surface area contributed by atoms with Gasteiger partial charge in [0.1, 0.15) is 5.60 Å². The van der Waals surface area contributed by atoms with Gasteiger partial charge in [0.05, 0.1) is 4.90 Å². The maximum Gasteiger partial charge on any atom is 0.410 e. The van der Waals surface area contributed by atoms with Crippen LogP contribution in [0, 0.1) is 0 Å². The van der Waals surface area contributed by atoms with Crippen LogP contribution in [0.1, 0.15) is 47.1 Å². The first-order valence-corrected chi connectivity index (χ1v) is 11.6. The molecular formula is C21H35N3O4S. The van der Waals surface area contributed by atoms with Crippen LogP contribution in [-0.4, -0.2) is 69.2 Å². The van der Waals surface area contributed by atoms with Gasteiger partial charge in [0.15, 0.2) is 0 Å². The summed E-state index contributed by atoms with van der Waals surface area (Å²) in [6.07, 6.45) is -0.295. The van der Waals surface area contributed by atoms with Gasteiger partial charge >= 0.3 is 6.09 Å². The van der Waals surface area contributed by atoms with E-state index in [4.69, 9.17) is 4.74 Å². The average molecular weight is 426 g/mol. The van der Waals surface area contributed by atoms with Crippen molar-refractivity contribution in [2.75, 3.05) is 39.3 Å². The molecule has 0 aromatic heterocycles. The summed E-state index contributed by atoms with van der Waals surface area (Å²) in [7, 11) is -3.53. The van der Waals surface area contributed by atoms with Crippen LogP contribution in [0.4, 0.5) is 4.79 Å². The van der Waals surface area contributed by atoms with Crippen LogP contribution in [0.25, 0.3) is 0 Å². The van der Waals surface area contributed by atoms with E-state index >= 15 is 0 Å². The lowest BCUT2D eigenvalue weighted by atomic mass is 9.87. The van der Waals surface area contributed by atoms with Gasteiger partial charge in [-0.25, -0.2) is 17.9 Å². The van der Waals surface area contributed by atoms with E-state index in [9.17, 15) is 13.2 Å². The van der Waals surface area contributed by atoms with Crippen molar-refractivity contribution in [1.29, 1.82) is 0 Å². The molecule has 0 atom stereocenters. The molecule has 29 heavy (non-hydrogen) atoms. The lowest BCUT2D eigenvalue weighted by Crippen LogP contribution is -2.51. The van der Waals surface area contributed by atoms with Crippen molar-refractivity contribution in [3.63, 3.8) is 0 Å². The number of hydrogen-bond donors (Lipinski definition) is 1. The maximum absolute atomic E-state index is 12.5. The van der Waals surface area contributed by atoms with Crippen LogP contribution < -0.4 is 4.72 Å². The Bertz CT molecular complexity index is 785. The predicted octanol–water partition coefficient (Wildman–Crippen LogP) is 2.82. The molecule has 164 valence electrons. The summed E-state index contributed by atoms with van der Waals surface area (Å²) in [5.41, 5.74) is 0.577. The highest BCUT2D eigenvalue weighted by Gasteiger charge is 2.26. The van der Waals surface area contributed by atoms with Gasteiger partial charge in [-0.2, -0.15) is 0 Å². The minimum atomic E-state index is -3.53. The lowest BCUT2D eigenvalue weighted by molar-refractivity contribution is 0.0147. The lowest BCUT2D eigenvalue weighted by Gasteiger charge is -2.35.